The normalized spacial score (nSPS) is 13.7. The summed E-state index contributed by atoms with van der Waals surface area (Å²) < 4.78 is 60.4. The summed E-state index contributed by atoms with van der Waals surface area (Å²) in [5.41, 5.74) is -0.336. The SMILES string of the molecule is CC.CC/C(=C\C(=C/C(C)C(F)(F)F)c1ccc2nc(C(=O)NC(Cc3ccc(O)cc3)C(=O)OC)cc(C(C)=O)c2c1)C(C)(C)F. The summed E-state index contributed by atoms with van der Waals surface area (Å²) in [4.78, 5) is 42.9. The molecule has 0 aliphatic carbocycles. The topological polar surface area (TPSA) is 106 Å². The Bertz CT molecular complexity index is 1640. The van der Waals surface area contributed by atoms with Crippen LogP contribution in [-0.4, -0.2) is 52.7 Å². The van der Waals surface area contributed by atoms with Gasteiger partial charge in [-0.05, 0) is 79.8 Å². The number of alkyl halides is 4. The number of esters is 1. The number of Topliss-reactive ketones (excluding diaryl/α,β-unsaturated/α-hetero) is 1. The lowest BCUT2D eigenvalue weighted by Crippen LogP contribution is -2.43. The molecule has 3 aromatic rings. The number of ketones is 1. The lowest BCUT2D eigenvalue weighted by Gasteiger charge is -2.20. The molecule has 2 N–H and O–H groups in total. The molecule has 254 valence electrons. The molecule has 11 heteroatoms. The molecular formula is C36H42F4N2O5. The predicted octanol–water partition coefficient (Wildman–Crippen LogP) is 8.35. The molecule has 0 fully saturated rings. The Morgan fingerprint density at radius 3 is 2.15 bits per heavy atom. The molecule has 1 aromatic heterocycles. The van der Waals surface area contributed by atoms with Crippen molar-refractivity contribution in [3.63, 3.8) is 0 Å². The van der Waals surface area contributed by atoms with Crippen LogP contribution in [0.25, 0.3) is 16.5 Å². The number of benzene rings is 2. The van der Waals surface area contributed by atoms with Crippen molar-refractivity contribution in [3.8, 4) is 5.75 Å². The lowest BCUT2D eigenvalue weighted by molar-refractivity contribution is -0.156. The summed E-state index contributed by atoms with van der Waals surface area (Å²) in [6, 6.07) is 10.6. The summed E-state index contributed by atoms with van der Waals surface area (Å²) in [5.74, 6) is -3.75. The first-order valence-corrected chi connectivity index (χ1v) is 15.3. The van der Waals surface area contributed by atoms with Gasteiger partial charge >= 0.3 is 12.1 Å². The molecule has 7 nitrogen and oxygen atoms in total. The molecule has 1 amide bonds. The minimum absolute atomic E-state index is 0.0308. The van der Waals surface area contributed by atoms with Gasteiger partial charge in [-0.25, -0.2) is 14.2 Å². The molecule has 0 aliphatic heterocycles. The Hall–Kier alpha value is -4.54. The second-order valence-corrected chi connectivity index (χ2v) is 11.2. The minimum atomic E-state index is -4.54. The number of hydrogen-bond acceptors (Lipinski definition) is 6. The highest BCUT2D eigenvalue weighted by Gasteiger charge is 2.35. The molecule has 1 heterocycles. The predicted molar refractivity (Wildman–Crippen MR) is 175 cm³/mol. The number of aromatic hydroxyl groups is 1. The monoisotopic (exact) mass is 658 g/mol. The Morgan fingerprint density at radius 1 is 1.02 bits per heavy atom. The van der Waals surface area contributed by atoms with Crippen LogP contribution in [0.15, 0.2) is 66.3 Å². The van der Waals surface area contributed by atoms with Crippen LogP contribution in [-0.2, 0) is 16.0 Å². The van der Waals surface area contributed by atoms with Crippen LogP contribution >= 0.6 is 0 Å². The van der Waals surface area contributed by atoms with Crippen molar-refractivity contribution in [1.82, 2.24) is 10.3 Å². The number of carbonyl (C=O) groups is 3. The first kappa shape index (κ1) is 38.6. The van der Waals surface area contributed by atoms with E-state index in [-0.39, 0.29) is 51.9 Å². The van der Waals surface area contributed by atoms with Crippen molar-refractivity contribution in [2.75, 3.05) is 7.11 Å². The summed E-state index contributed by atoms with van der Waals surface area (Å²) in [7, 11) is 1.17. The third-order valence-electron chi connectivity index (χ3n) is 7.34. The van der Waals surface area contributed by atoms with Gasteiger partial charge in [-0.1, -0.05) is 58.0 Å². The first-order valence-electron chi connectivity index (χ1n) is 15.3. The summed E-state index contributed by atoms with van der Waals surface area (Å²) in [5, 5.41) is 12.4. The van der Waals surface area contributed by atoms with Crippen LogP contribution < -0.4 is 5.32 Å². The number of carbonyl (C=O) groups excluding carboxylic acids is 3. The molecule has 2 unspecified atom stereocenters. The number of nitrogens with one attached hydrogen (secondary N) is 1. The van der Waals surface area contributed by atoms with Crippen molar-refractivity contribution in [1.29, 1.82) is 0 Å². The molecule has 0 bridgehead atoms. The van der Waals surface area contributed by atoms with Gasteiger partial charge in [-0.2, -0.15) is 13.2 Å². The molecule has 2 aromatic carbocycles. The fourth-order valence-electron chi connectivity index (χ4n) is 4.72. The zero-order chi connectivity index (χ0) is 35.7. The number of aromatic nitrogens is 1. The average Bonchev–Trinajstić information content (AvgIpc) is 3.02. The maximum atomic E-state index is 14.9. The van der Waals surface area contributed by atoms with Gasteiger partial charge in [0.15, 0.2) is 5.78 Å². The second-order valence-electron chi connectivity index (χ2n) is 11.2. The number of allylic oxidation sites excluding steroid dienone is 4. The van der Waals surface area contributed by atoms with Gasteiger partial charge in [0.1, 0.15) is 23.2 Å². The van der Waals surface area contributed by atoms with E-state index in [2.05, 4.69) is 10.3 Å². The number of amides is 1. The largest absolute Gasteiger partial charge is 0.508 e. The number of methoxy groups -OCH3 is 1. The minimum Gasteiger partial charge on any atom is -0.508 e. The van der Waals surface area contributed by atoms with Crippen molar-refractivity contribution >= 4 is 34.1 Å². The van der Waals surface area contributed by atoms with Gasteiger partial charge in [0, 0.05) is 17.4 Å². The number of ether oxygens (including phenoxy) is 1. The molecule has 0 radical (unpaired) electrons. The molecule has 3 rings (SSSR count). The first-order chi connectivity index (χ1) is 21.9. The lowest BCUT2D eigenvalue weighted by atomic mass is 9.90. The number of halogens is 4. The second kappa shape index (κ2) is 16.3. The van der Waals surface area contributed by atoms with E-state index in [1.54, 1.807) is 19.1 Å². The van der Waals surface area contributed by atoms with Crippen LogP contribution in [0, 0.1) is 5.92 Å². The van der Waals surface area contributed by atoms with Gasteiger partial charge in [-0.3, -0.25) is 9.59 Å². The van der Waals surface area contributed by atoms with Crippen molar-refractivity contribution in [2.45, 2.75) is 79.2 Å². The quantitative estimate of drug-likeness (QED) is 0.0929. The molecule has 0 aliphatic rings. The maximum absolute atomic E-state index is 14.9. The van der Waals surface area contributed by atoms with Crippen molar-refractivity contribution < 1.29 is 41.8 Å². The van der Waals surface area contributed by atoms with Crippen LogP contribution in [0.3, 0.4) is 0 Å². The Morgan fingerprint density at radius 2 is 1.64 bits per heavy atom. The van der Waals surface area contributed by atoms with Crippen LogP contribution in [0.5, 0.6) is 5.75 Å². The van der Waals surface area contributed by atoms with Gasteiger partial charge in [0.25, 0.3) is 5.91 Å². The third kappa shape index (κ3) is 10.5. The molecule has 0 spiro atoms. The molecule has 0 saturated heterocycles. The smallest absolute Gasteiger partial charge is 0.394 e. The number of nitrogens with zero attached hydrogens (tertiary/aromatic N) is 1. The van der Waals surface area contributed by atoms with E-state index in [9.17, 15) is 37.1 Å². The number of rotatable bonds is 11. The van der Waals surface area contributed by atoms with Crippen molar-refractivity contribution in [2.24, 2.45) is 5.92 Å². The van der Waals surface area contributed by atoms with Gasteiger partial charge in [0.2, 0.25) is 0 Å². The van der Waals surface area contributed by atoms with Gasteiger partial charge < -0.3 is 15.2 Å². The fraction of sp³-hybridized carbons (Fsp3) is 0.389. The molecule has 47 heavy (non-hydrogen) atoms. The zero-order valence-corrected chi connectivity index (χ0v) is 27.9. The maximum Gasteiger partial charge on any atom is 0.394 e. The van der Waals surface area contributed by atoms with Crippen molar-refractivity contribution in [3.05, 3.63) is 88.6 Å². The fourth-order valence-corrected chi connectivity index (χ4v) is 4.72. The summed E-state index contributed by atoms with van der Waals surface area (Å²) in [6.07, 6.45) is -1.83. The highest BCUT2D eigenvalue weighted by molar-refractivity contribution is 6.09. The molecule has 2 atom stereocenters. The van der Waals surface area contributed by atoms with Crippen LogP contribution in [0.4, 0.5) is 17.6 Å². The van der Waals surface area contributed by atoms with E-state index in [1.165, 1.54) is 70.4 Å². The number of fused-ring (bicyclic) bond motifs is 1. The number of phenolic OH excluding ortho intramolecular Hbond substituents is 1. The van der Waals surface area contributed by atoms with E-state index in [1.807, 2.05) is 13.8 Å². The van der Waals surface area contributed by atoms with Gasteiger partial charge in [0.05, 0.1) is 18.5 Å². The number of pyridine rings is 1. The standard InChI is InChI=1S/C34H36F4N2O5.C2H6/c1-7-24(33(4,5)35)16-23(14-19(2)34(36,37)38)22-10-13-28-27(17-22)26(20(3)41)18-29(39-28)31(43)40-30(32(44)45-6)15-21-8-11-25(42)12-9-21;1-2/h8-14,16-19,30,42H,7,15H2,1-6H3,(H,40,43);1-2H3/b23-14+,24-16+;. The summed E-state index contributed by atoms with van der Waals surface area (Å²) >= 11 is 0. The third-order valence-corrected chi connectivity index (χ3v) is 7.34. The van der Waals surface area contributed by atoms with E-state index < -0.39 is 41.5 Å². The Balaban J connectivity index is 0.00000376. The number of phenols is 1. The Kier molecular flexibility index (Phi) is 13.4. The van der Waals surface area contributed by atoms with E-state index in [4.69, 9.17) is 4.74 Å². The highest BCUT2D eigenvalue weighted by Crippen LogP contribution is 2.34. The average molecular weight is 659 g/mol. The highest BCUT2D eigenvalue weighted by atomic mass is 19.4. The Labute approximate surface area is 272 Å². The molecular weight excluding hydrogens is 616 g/mol. The van der Waals surface area contributed by atoms with E-state index >= 15 is 0 Å². The van der Waals surface area contributed by atoms with Crippen LogP contribution in [0.1, 0.15) is 86.9 Å². The zero-order valence-electron chi connectivity index (χ0n) is 27.9. The van der Waals surface area contributed by atoms with Gasteiger partial charge in [-0.15, -0.1) is 0 Å². The van der Waals surface area contributed by atoms with Crippen LogP contribution in [0.2, 0.25) is 0 Å². The van der Waals surface area contributed by atoms with E-state index in [0.29, 0.717) is 11.1 Å². The molecule has 0 saturated carbocycles. The number of hydrogen-bond donors (Lipinski definition) is 2. The van der Waals surface area contributed by atoms with E-state index in [0.717, 1.165) is 13.0 Å². The summed E-state index contributed by atoms with van der Waals surface area (Å²) in [6.45, 7) is 10.6.